The zero-order valence-electron chi connectivity index (χ0n) is 13.9. The normalized spacial score (nSPS) is 10.3. The first-order chi connectivity index (χ1) is 12.0. The average Bonchev–Trinajstić information content (AvgIpc) is 2.56. The third-order valence-electron chi connectivity index (χ3n) is 3.54. The SMILES string of the molecule is Cc1cccc(OCCCCC(=O)Nc2cc(C(=O)O)ccc2F)c1. The molecule has 0 fully saturated rings. The Hall–Kier alpha value is -2.89. The van der Waals surface area contributed by atoms with E-state index in [4.69, 9.17) is 9.84 Å². The molecule has 2 N–H and O–H groups in total. The van der Waals surface area contributed by atoms with Crippen LogP contribution in [0, 0.1) is 12.7 Å². The number of aryl methyl sites for hydroxylation is 1. The number of unbranched alkanes of at least 4 members (excludes halogenated alkanes) is 1. The fraction of sp³-hybridized carbons (Fsp3) is 0.263. The molecule has 132 valence electrons. The number of ether oxygens (including phenoxy) is 1. The number of hydrogen-bond donors (Lipinski definition) is 2. The van der Waals surface area contributed by atoms with Crippen LogP contribution < -0.4 is 10.1 Å². The highest BCUT2D eigenvalue weighted by molar-refractivity contribution is 5.94. The van der Waals surface area contributed by atoms with Crippen molar-refractivity contribution in [3.63, 3.8) is 0 Å². The number of halogens is 1. The maximum Gasteiger partial charge on any atom is 0.335 e. The highest BCUT2D eigenvalue weighted by atomic mass is 19.1. The molecule has 0 heterocycles. The van der Waals surface area contributed by atoms with Crippen LogP contribution in [-0.4, -0.2) is 23.6 Å². The van der Waals surface area contributed by atoms with Gasteiger partial charge < -0.3 is 15.2 Å². The predicted octanol–water partition coefficient (Wildman–Crippen LogP) is 4.02. The van der Waals surface area contributed by atoms with Crippen molar-refractivity contribution in [2.45, 2.75) is 26.2 Å². The quantitative estimate of drug-likeness (QED) is 0.709. The minimum Gasteiger partial charge on any atom is -0.494 e. The molecular weight excluding hydrogens is 325 g/mol. The maximum absolute atomic E-state index is 13.6. The van der Waals surface area contributed by atoms with Gasteiger partial charge in [0.2, 0.25) is 5.91 Å². The molecule has 25 heavy (non-hydrogen) atoms. The Balaban J connectivity index is 1.74. The summed E-state index contributed by atoms with van der Waals surface area (Å²) in [5, 5.41) is 11.3. The van der Waals surface area contributed by atoms with Crippen molar-refractivity contribution in [1.29, 1.82) is 0 Å². The van der Waals surface area contributed by atoms with Crippen LogP contribution in [0.4, 0.5) is 10.1 Å². The van der Waals surface area contributed by atoms with E-state index in [2.05, 4.69) is 5.32 Å². The summed E-state index contributed by atoms with van der Waals surface area (Å²) in [5.74, 6) is -1.42. The molecule has 0 saturated carbocycles. The van der Waals surface area contributed by atoms with Gasteiger partial charge in [-0.15, -0.1) is 0 Å². The van der Waals surface area contributed by atoms with Gasteiger partial charge in [0, 0.05) is 6.42 Å². The van der Waals surface area contributed by atoms with E-state index in [-0.39, 0.29) is 23.6 Å². The van der Waals surface area contributed by atoms with Crippen LogP contribution in [0.3, 0.4) is 0 Å². The van der Waals surface area contributed by atoms with Crippen LogP contribution >= 0.6 is 0 Å². The fourth-order valence-electron chi connectivity index (χ4n) is 2.25. The van der Waals surface area contributed by atoms with Crippen molar-refractivity contribution in [2.75, 3.05) is 11.9 Å². The predicted molar refractivity (Wildman–Crippen MR) is 92.5 cm³/mol. The molecule has 2 aromatic carbocycles. The first-order valence-electron chi connectivity index (χ1n) is 7.98. The van der Waals surface area contributed by atoms with Crippen molar-refractivity contribution in [3.8, 4) is 5.75 Å². The number of amides is 1. The molecule has 0 unspecified atom stereocenters. The molecule has 1 amide bonds. The average molecular weight is 345 g/mol. The molecule has 2 aromatic rings. The third-order valence-corrected chi connectivity index (χ3v) is 3.54. The van der Waals surface area contributed by atoms with Crippen molar-refractivity contribution in [3.05, 3.63) is 59.4 Å². The first kappa shape index (κ1) is 18.4. The largest absolute Gasteiger partial charge is 0.494 e. The van der Waals surface area contributed by atoms with Gasteiger partial charge in [-0.05, 0) is 55.7 Å². The van der Waals surface area contributed by atoms with E-state index in [9.17, 15) is 14.0 Å². The van der Waals surface area contributed by atoms with Gasteiger partial charge in [-0.3, -0.25) is 4.79 Å². The summed E-state index contributed by atoms with van der Waals surface area (Å²) in [6.07, 6.45) is 1.46. The Bertz CT molecular complexity index is 761. The summed E-state index contributed by atoms with van der Waals surface area (Å²) in [7, 11) is 0. The number of carbonyl (C=O) groups excluding carboxylic acids is 1. The number of carbonyl (C=O) groups is 2. The Morgan fingerprint density at radius 2 is 1.96 bits per heavy atom. The van der Waals surface area contributed by atoms with Crippen LogP contribution in [0.2, 0.25) is 0 Å². The summed E-state index contributed by atoms with van der Waals surface area (Å²) >= 11 is 0. The van der Waals surface area contributed by atoms with Gasteiger partial charge in [0.25, 0.3) is 0 Å². The standard InChI is InChI=1S/C19H20FNO4/c1-13-5-4-6-15(11-13)25-10-3-2-7-18(22)21-17-12-14(19(23)24)8-9-16(17)20/h4-6,8-9,11-12H,2-3,7,10H2,1H3,(H,21,22)(H,23,24). The van der Waals surface area contributed by atoms with Gasteiger partial charge in [-0.1, -0.05) is 12.1 Å². The van der Waals surface area contributed by atoms with Gasteiger partial charge >= 0.3 is 5.97 Å². The zero-order valence-corrected chi connectivity index (χ0v) is 13.9. The zero-order chi connectivity index (χ0) is 18.2. The van der Waals surface area contributed by atoms with E-state index in [0.29, 0.717) is 19.4 Å². The van der Waals surface area contributed by atoms with E-state index in [1.165, 1.54) is 0 Å². The van der Waals surface area contributed by atoms with Gasteiger partial charge in [-0.2, -0.15) is 0 Å². The Kier molecular flexibility index (Phi) is 6.51. The van der Waals surface area contributed by atoms with Crippen LogP contribution in [-0.2, 0) is 4.79 Å². The van der Waals surface area contributed by atoms with Gasteiger partial charge in [0.15, 0.2) is 0 Å². The van der Waals surface area contributed by atoms with E-state index >= 15 is 0 Å². The number of aromatic carboxylic acids is 1. The Labute approximate surface area is 145 Å². The summed E-state index contributed by atoms with van der Waals surface area (Å²) in [4.78, 5) is 22.7. The molecule has 0 aliphatic heterocycles. The number of nitrogens with one attached hydrogen (secondary N) is 1. The maximum atomic E-state index is 13.6. The van der Waals surface area contributed by atoms with Crippen molar-refractivity contribution in [2.24, 2.45) is 0 Å². The number of hydrogen-bond acceptors (Lipinski definition) is 3. The fourth-order valence-corrected chi connectivity index (χ4v) is 2.25. The van der Waals surface area contributed by atoms with Crippen LogP contribution in [0.25, 0.3) is 0 Å². The lowest BCUT2D eigenvalue weighted by Crippen LogP contribution is -2.13. The van der Waals surface area contributed by atoms with Crippen LogP contribution in [0.15, 0.2) is 42.5 Å². The van der Waals surface area contributed by atoms with Crippen molar-refractivity contribution >= 4 is 17.6 Å². The van der Waals surface area contributed by atoms with Gasteiger partial charge in [0.1, 0.15) is 11.6 Å². The number of rotatable bonds is 8. The summed E-state index contributed by atoms with van der Waals surface area (Å²) < 4.78 is 19.2. The first-order valence-corrected chi connectivity index (χ1v) is 7.98. The minimum absolute atomic E-state index is 0.0803. The second-order valence-electron chi connectivity index (χ2n) is 5.67. The van der Waals surface area contributed by atoms with Crippen molar-refractivity contribution in [1.82, 2.24) is 0 Å². The summed E-state index contributed by atoms with van der Waals surface area (Å²) in [5.41, 5.74) is 0.909. The number of anilines is 1. The molecule has 0 radical (unpaired) electrons. The molecule has 0 aliphatic carbocycles. The van der Waals surface area contributed by atoms with E-state index in [1.807, 2.05) is 31.2 Å². The van der Waals surface area contributed by atoms with Crippen LogP contribution in [0.5, 0.6) is 5.75 Å². The van der Waals surface area contributed by atoms with E-state index in [1.54, 1.807) is 0 Å². The monoisotopic (exact) mass is 345 g/mol. The number of benzene rings is 2. The van der Waals surface area contributed by atoms with Gasteiger partial charge in [0.05, 0.1) is 17.9 Å². The topological polar surface area (TPSA) is 75.6 Å². The molecule has 0 spiro atoms. The number of carboxylic acids is 1. The van der Waals surface area contributed by atoms with E-state index in [0.717, 1.165) is 29.5 Å². The lowest BCUT2D eigenvalue weighted by Gasteiger charge is -2.08. The van der Waals surface area contributed by atoms with Gasteiger partial charge in [-0.25, -0.2) is 9.18 Å². The smallest absolute Gasteiger partial charge is 0.335 e. The lowest BCUT2D eigenvalue weighted by molar-refractivity contribution is -0.116. The molecular formula is C19H20FNO4. The summed E-state index contributed by atoms with van der Waals surface area (Å²) in [6, 6.07) is 11.0. The second kappa shape index (κ2) is 8.82. The molecule has 0 bridgehead atoms. The third kappa shape index (κ3) is 5.91. The lowest BCUT2D eigenvalue weighted by atomic mass is 10.2. The molecule has 2 rings (SSSR count). The Morgan fingerprint density at radius 1 is 1.16 bits per heavy atom. The van der Waals surface area contributed by atoms with Crippen LogP contribution in [0.1, 0.15) is 35.2 Å². The molecule has 5 nitrogen and oxygen atoms in total. The second-order valence-corrected chi connectivity index (χ2v) is 5.67. The highest BCUT2D eigenvalue weighted by Gasteiger charge is 2.11. The summed E-state index contributed by atoms with van der Waals surface area (Å²) in [6.45, 7) is 2.47. The molecule has 0 saturated heterocycles. The molecule has 0 aromatic heterocycles. The molecule has 6 heteroatoms. The Morgan fingerprint density at radius 3 is 2.68 bits per heavy atom. The molecule has 0 atom stereocenters. The van der Waals surface area contributed by atoms with Crippen molar-refractivity contribution < 1.29 is 23.8 Å². The van der Waals surface area contributed by atoms with E-state index < -0.39 is 11.8 Å². The number of carboxylic acid groups (broad SMARTS) is 1. The highest BCUT2D eigenvalue weighted by Crippen LogP contribution is 2.17. The molecule has 0 aliphatic rings. The minimum atomic E-state index is -1.18.